The number of ether oxygens (including phenoxy) is 2. The molecule has 1 saturated carbocycles. The number of nitrogens with one attached hydrogen (secondary N) is 1. The molecule has 6 atom stereocenters. The van der Waals surface area contributed by atoms with Crippen LogP contribution in [0.3, 0.4) is 0 Å². The van der Waals surface area contributed by atoms with Crippen molar-refractivity contribution in [3.63, 3.8) is 0 Å². The molecule has 236 valence electrons. The Kier molecular flexibility index (Phi) is 8.58. The highest BCUT2D eigenvalue weighted by Crippen LogP contribution is 2.44. The third-order valence-corrected chi connectivity index (χ3v) is 9.14. The van der Waals surface area contributed by atoms with Crippen molar-refractivity contribution in [1.29, 1.82) is 5.26 Å². The van der Waals surface area contributed by atoms with Crippen molar-refractivity contribution in [2.24, 2.45) is 17.3 Å². The van der Waals surface area contributed by atoms with Gasteiger partial charge < -0.3 is 19.7 Å². The zero-order valence-electron chi connectivity index (χ0n) is 25.9. The number of alkyl halides is 2. The van der Waals surface area contributed by atoms with Gasteiger partial charge in [0.05, 0.1) is 35.3 Å². The number of fused-ring (bicyclic) bond motifs is 5. The number of nitrogens with zero attached hydrogens (tertiary/aromatic N) is 3. The summed E-state index contributed by atoms with van der Waals surface area (Å²) in [6.45, 7) is 8.63. The second-order valence-corrected chi connectivity index (χ2v) is 13.5. The Labute approximate surface area is 256 Å². The smallest absolute Gasteiger partial charge is 0.408 e. The number of ketones is 1. The molecule has 2 amide bonds. The van der Waals surface area contributed by atoms with Crippen molar-refractivity contribution < 1.29 is 32.6 Å². The fraction of sp³-hybridized carbons (Fsp3) is 0.606. The van der Waals surface area contributed by atoms with E-state index in [0.29, 0.717) is 42.1 Å². The summed E-state index contributed by atoms with van der Waals surface area (Å²) >= 11 is 0. The maximum atomic E-state index is 16.0. The molecule has 2 aromatic rings. The van der Waals surface area contributed by atoms with Crippen molar-refractivity contribution in [3.05, 3.63) is 35.4 Å². The first-order valence-electron chi connectivity index (χ1n) is 15.4. The predicted octanol–water partition coefficient (Wildman–Crippen LogP) is 5.88. The summed E-state index contributed by atoms with van der Waals surface area (Å²) in [6.07, 6.45) is 0.204. The van der Waals surface area contributed by atoms with Gasteiger partial charge in [-0.15, -0.1) is 0 Å². The molecule has 3 aliphatic rings. The molecule has 0 radical (unpaired) electrons. The maximum Gasteiger partial charge on any atom is 0.408 e. The summed E-state index contributed by atoms with van der Waals surface area (Å²) in [7, 11) is 0. The standard InChI is InChI=1S/C33H40F2N4O5/c1-6-22-26-17-39(27(22)18(2)40)30(41)28(32(3,4)5)38-31(42)44-25-15-21(25)9-7-8-12-33(34,35)23-14-20-11-10-19(16-36)13-24(20)37-29(23)43-26/h10-11,13-14,21-22,25-28H,6-9,12,15,17H2,1-5H3,(H,38,42)/t21-,22-,25-,26+,27-,28-/m1/s1. The summed E-state index contributed by atoms with van der Waals surface area (Å²) in [4.78, 5) is 46.0. The number of alkyl carbamates (subject to hydrolysis) is 1. The Morgan fingerprint density at radius 1 is 1.18 bits per heavy atom. The predicted molar refractivity (Wildman–Crippen MR) is 158 cm³/mol. The zero-order valence-corrected chi connectivity index (χ0v) is 25.9. The van der Waals surface area contributed by atoms with Gasteiger partial charge in [0.15, 0.2) is 5.78 Å². The second-order valence-electron chi connectivity index (χ2n) is 13.5. The van der Waals surface area contributed by atoms with Crippen LogP contribution in [0.4, 0.5) is 13.6 Å². The van der Waals surface area contributed by atoms with Gasteiger partial charge in [0.2, 0.25) is 11.8 Å². The van der Waals surface area contributed by atoms with Crippen molar-refractivity contribution in [3.8, 4) is 11.9 Å². The lowest BCUT2D eigenvalue weighted by molar-refractivity contribution is -0.141. The Morgan fingerprint density at radius 3 is 2.59 bits per heavy atom. The minimum absolute atomic E-state index is 0.0570. The lowest BCUT2D eigenvalue weighted by Crippen LogP contribution is -2.57. The van der Waals surface area contributed by atoms with Gasteiger partial charge in [-0.25, -0.2) is 18.6 Å². The molecule has 1 aromatic carbocycles. The summed E-state index contributed by atoms with van der Waals surface area (Å²) in [5.41, 5.74) is -0.425. The van der Waals surface area contributed by atoms with E-state index < -0.39 is 53.9 Å². The largest absolute Gasteiger partial charge is 0.472 e. The fourth-order valence-corrected chi connectivity index (χ4v) is 6.61. The third-order valence-electron chi connectivity index (χ3n) is 9.14. The van der Waals surface area contributed by atoms with Crippen LogP contribution in [-0.4, -0.2) is 58.5 Å². The van der Waals surface area contributed by atoms with Crippen LogP contribution in [0.5, 0.6) is 5.88 Å². The number of rotatable bonds is 2. The van der Waals surface area contributed by atoms with E-state index in [1.165, 1.54) is 24.0 Å². The van der Waals surface area contributed by atoms with Crippen molar-refractivity contribution in [2.75, 3.05) is 6.54 Å². The number of carbonyl (C=O) groups excluding carboxylic acids is 3. The summed E-state index contributed by atoms with van der Waals surface area (Å²) in [6, 6.07) is 6.19. The van der Waals surface area contributed by atoms with Gasteiger partial charge in [0, 0.05) is 17.7 Å². The highest BCUT2D eigenvalue weighted by atomic mass is 19.3. The fourth-order valence-electron chi connectivity index (χ4n) is 6.61. The van der Waals surface area contributed by atoms with E-state index in [2.05, 4.69) is 10.3 Å². The Morgan fingerprint density at radius 2 is 1.93 bits per heavy atom. The van der Waals surface area contributed by atoms with Crippen LogP contribution in [0, 0.1) is 28.6 Å². The molecule has 1 saturated heterocycles. The average molecular weight is 611 g/mol. The van der Waals surface area contributed by atoms with Crippen LogP contribution in [-0.2, 0) is 20.2 Å². The molecule has 11 heteroatoms. The number of pyridine rings is 1. The molecule has 1 N–H and O–H groups in total. The lowest BCUT2D eigenvalue weighted by atomic mass is 9.85. The molecule has 5 rings (SSSR count). The summed E-state index contributed by atoms with van der Waals surface area (Å²) in [5, 5.41) is 12.6. The Balaban J connectivity index is 1.60. The normalized spacial score (nSPS) is 29.2. The minimum atomic E-state index is -3.28. The van der Waals surface area contributed by atoms with Gasteiger partial charge in [-0.3, -0.25) is 9.59 Å². The van der Waals surface area contributed by atoms with Crippen molar-refractivity contribution in [1.82, 2.24) is 15.2 Å². The first-order valence-corrected chi connectivity index (χ1v) is 15.4. The average Bonchev–Trinajstić information content (AvgIpc) is 3.58. The molecule has 9 nitrogen and oxygen atoms in total. The number of Topliss-reactive ketones (excluding diaryl/α,β-unsaturated/α-hetero) is 1. The first-order chi connectivity index (χ1) is 20.7. The topological polar surface area (TPSA) is 122 Å². The molecular weight excluding hydrogens is 570 g/mol. The number of halogens is 2. The third kappa shape index (κ3) is 6.35. The van der Waals surface area contributed by atoms with E-state index in [1.807, 2.05) is 33.8 Å². The highest BCUT2D eigenvalue weighted by Gasteiger charge is 2.51. The number of aromatic nitrogens is 1. The molecule has 2 aliphatic heterocycles. The van der Waals surface area contributed by atoms with E-state index in [-0.39, 0.29) is 42.2 Å². The van der Waals surface area contributed by atoms with E-state index in [1.54, 1.807) is 12.1 Å². The Hall–Kier alpha value is -3.81. The van der Waals surface area contributed by atoms with Crippen LogP contribution in [0.15, 0.2) is 24.3 Å². The quantitative estimate of drug-likeness (QED) is 0.451. The Bertz CT molecular complexity index is 1500. The number of hydrogen-bond acceptors (Lipinski definition) is 7. The summed E-state index contributed by atoms with van der Waals surface area (Å²) in [5.74, 6) is -4.71. The molecule has 2 bridgehead atoms. The second kappa shape index (κ2) is 11.9. The van der Waals surface area contributed by atoms with Crippen LogP contribution in [0.1, 0.15) is 84.3 Å². The molecule has 44 heavy (non-hydrogen) atoms. The van der Waals surface area contributed by atoms with Crippen molar-refractivity contribution >= 4 is 28.7 Å². The number of nitriles is 1. The molecule has 0 unspecified atom stereocenters. The van der Waals surface area contributed by atoms with Crippen LogP contribution in [0.2, 0.25) is 0 Å². The van der Waals surface area contributed by atoms with Crippen LogP contribution >= 0.6 is 0 Å². The molecule has 2 fully saturated rings. The summed E-state index contributed by atoms with van der Waals surface area (Å²) < 4.78 is 43.8. The van der Waals surface area contributed by atoms with Gasteiger partial charge in [-0.1, -0.05) is 40.2 Å². The molecule has 3 heterocycles. The van der Waals surface area contributed by atoms with E-state index in [4.69, 9.17) is 9.47 Å². The van der Waals surface area contributed by atoms with Gasteiger partial charge in [0.1, 0.15) is 18.2 Å². The molecule has 0 spiro atoms. The number of carbonyl (C=O) groups is 3. The van der Waals surface area contributed by atoms with Gasteiger partial charge in [-0.05, 0) is 62.1 Å². The SMILES string of the molecule is CC[C@@H]1[C@@H]2CN(C(=O)[C@H](C(C)(C)C)NC(=O)O[C@@H]3C[C@H]3CCCCC(F)(F)c3cc4ccc(C#N)cc4nc3O2)[C@@H]1C(C)=O. The molecule has 1 aromatic heterocycles. The maximum absolute atomic E-state index is 16.0. The first kappa shape index (κ1) is 31.6. The minimum Gasteiger partial charge on any atom is -0.472 e. The van der Waals surface area contributed by atoms with Crippen LogP contribution in [0.25, 0.3) is 10.9 Å². The van der Waals surface area contributed by atoms with Gasteiger partial charge >= 0.3 is 6.09 Å². The monoisotopic (exact) mass is 610 g/mol. The van der Waals surface area contributed by atoms with E-state index >= 15 is 8.78 Å². The van der Waals surface area contributed by atoms with E-state index in [0.717, 1.165) is 0 Å². The molecule has 1 aliphatic carbocycles. The van der Waals surface area contributed by atoms with Gasteiger partial charge in [0.25, 0.3) is 5.92 Å². The van der Waals surface area contributed by atoms with Crippen LogP contribution < -0.4 is 10.1 Å². The van der Waals surface area contributed by atoms with Gasteiger partial charge in [-0.2, -0.15) is 5.26 Å². The molecular formula is C33H40F2N4O5. The number of benzene rings is 1. The van der Waals surface area contributed by atoms with E-state index in [9.17, 15) is 19.6 Å². The number of amides is 2. The number of hydrogen-bond donors (Lipinski definition) is 1. The van der Waals surface area contributed by atoms with Crippen molar-refractivity contribution in [2.45, 2.75) is 103 Å². The highest BCUT2D eigenvalue weighted by molar-refractivity contribution is 5.92. The zero-order chi connectivity index (χ0) is 32.0. The lowest BCUT2D eigenvalue weighted by Gasteiger charge is -2.35.